The van der Waals surface area contributed by atoms with E-state index in [1.807, 2.05) is 23.5 Å². The van der Waals surface area contributed by atoms with E-state index in [1.54, 1.807) is 23.1 Å². The molecule has 7 nitrogen and oxygen atoms in total. The summed E-state index contributed by atoms with van der Waals surface area (Å²) in [5.74, 6) is 1.52. The van der Waals surface area contributed by atoms with E-state index < -0.39 is 0 Å². The van der Waals surface area contributed by atoms with Gasteiger partial charge in [-0.25, -0.2) is 15.0 Å². The number of carbonyl (C=O) groups excluding carboxylic acids is 1. The molecule has 2 saturated heterocycles. The zero-order valence-electron chi connectivity index (χ0n) is 19.1. The van der Waals surface area contributed by atoms with Gasteiger partial charge in [-0.15, -0.1) is 11.3 Å². The van der Waals surface area contributed by atoms with E-state index >= 15 is 0 Å². The number of thiazole rings is 1. The van der Waals surface area contributed by atoms with Gasteiger partial charge < -0.3 is 9.64 Å². The largest absolute Gasteiger partial charge is 0.379 e. The lowest BCUT2D eigenvalue weighted by Gasteiger charge is -2.33. The molecule has 32 heavy (non-hydrogen) atoms. The van der Waals surface area contributed by atoms with Crippen LogP contribution in [0.2, 0.25) is 0 Å². The van der Waals surface area contributed by atoms with Gasteiger partial charge in [0.1, 0.15) is 0 Å². The summed E-state index contributed by atoms with van der Waals surface area (Å²) in [4.78, 5) is 32.4. The summed E-state index contributed by atoms with van der Waals surface area (Å²) in [6.45, 7) is 10.4. The predicted octanol–water partition coefficient (Wildman–Crippen LogP) is 3.31. The number of aryl methyl sites for hydroxylation is 3. The average Bonchev–Trinajstić information content (AvgIpc) is 3.24. The summed E-state index contributed by atoms with van der Waals surface area (Å²) in [7, 11) is 0. The van der Waals surface area contributed by atoms with Crippen LogP contribution in [-0.2, 0) is 16.0 Å². The molecule has 4 rings (SSSR count). The van der Waals surface area contributed by atoms with Crippen molar-refractivity contribution in [3.8, 4) is 0 Å². The highest BCUT2D eigenvalue weighted by molar-refractivity contribution is 7.99. The molecule has 2 aliphatic heterocycles. The second kappa shape index (κ2) is 11.5. The molecule has 0 N–H and O–H groups in total. The number of hydrogen-bond acceptors (Lipinski definition) is 8. The van der Waals surface area contributed by atoms with Crippen molar-refractivity contribution >= 4 is 29.0 Å². The van der Waals surface area contributed by atoms with Gasteiger partial charge >= 0.3 is 0 Å². The van der Waals surface area contributed by atoms with E-state index in [1.165, 1.54) is 4.88 Å². The molecule has 0 bridgehead atoms. The first-order valence-corrected chi connectivity index (χ1v) is 13.4. The highest BCUT2D eigenvalue weighted by atomic mass is 32.2. The van der Waals surface area contributed by atoms with E-state index in [-0.39, 0.29) is 5.91 Å². The summed E-state index contributed by atoms with van der Waals surface area (Å²) >= 11 is 3.37. The van der Waals surface area contributed by atoms with Crippen molar-refractivity contribution < 1.29 is 9.53 Å². The third-order valence-electron chi connectivity index (χ3n) is 6.30. The van der Waals surface area contributed by atoms with Crippen molar-refractivity contribution in [3.63, 3.8) is 0 Å². The first-order valence-electron chi connectivity index (χ1n) is 11.5. The van der Waals surface area contributed by atoms with E-state index in [0.29, 0.717) is 12.3 Å². The Morgan fingerprint density at radius 2 is 2.09 bits per heavy atom. The van der Waals surface area contributed by atoms with Crippen LogP contribution in [0.5, 0.6) is 0 Å². The minimum atomic E-state index is 0.245. The van der Waals surface area contributed by atoms with Gasteiger partial charge in [0.25, 0.3) is 0 Å². The van der Waals surface area contributed by atoms with Gasteiger partial charge in [0, 0.05) is 61.9 Å². The number of thioether (sulfide) groups is 1. The quantitative estimate of drug-likeness (QED) is 0.428. The molecule has 0 saturated carbocycles. The highest BCUT2D eigenvalue weighted by Crippen LogP contribution is 2.29. The molecule has 2 aromatic heterocycles. The third-order valence-corrected chi connectivity index (χ3v) is 8.14. The summed E-state index contributed by atoms with van der Waals surface area (Å²) in [6.07, 6.45) is 5.40. The predicted molar refractivity (Wildman–Crippen MR) is 128 cm³/mol. The number of aromatic nitrogens is 3. The summed E-state index contributed by atoms with van der Waals surface area (Å²) in [5, 5.41) is 0.850. The number of likely N-dealkylation sites (tertiary alicyclic amines) is 1. The number of carbonyl (C=O) groups is 1. The normalized spacial score (nSPS) is 19.9. The maximum atomic E-state index is 12.9. The molecule has 1 amide bonds. The van der Waals surface area contributed by atoms with Crippen molar-refractivity contribution in [2.24, 2.45) is 0 Å². The second-order valence-corrected chi connectivity index (χ2v) is 10.6. The zero-order valence-corrected chi connectivity index (χ0v) is 20.7. The maximum absolute atomic E-state index is 12.9. The number of hydrogen-bond donors (Lipinski definition) is 0. The van der Waals surface area contributed by atoms with Gasteiger partial charge in [-0.1, -0.05) is 11.8 Å². The molecule has 4 heterocycles. The lowest BCUT2D eigenvalue weighted by molar-refractivity contribution is -0.132. The summed E-state index contributed by atoms with van der Waals surface area (Å²) in [6, 6.07) is 0. The van der Waals surface area contributed by atoms with Crippen LogP contribution in [0.4, 0.5) is 0 Å². The fourth-order valence-corrected chi connectivity index (χ4v) is 5.99. The highest BCUT2D eigenvalue weighted by Gasteiger charge is 2.27. The van der Waals surface area contributed by atoms with E-state index in [2.05, 4.69) is 21.8 Å². The molecule has 9 heteroatoms. The number of ether oxygens (including phenoxy) is 1. The lowest BCUT2D eigenvalue weighted by atomic mass is 9.92. The number of piperidine rings is 1. The molecular formula is C23H33N5O2S2. The van der Waals surface area contributed by atoms with Crippen LogP contribution in [-0.4, -0.2) is 82.3 Å². The second-order valence-electron chi connectivity index (χ2n) is 8.56. The first kappa shape index (κ1) is 23.6. The standard InChI is InChI=1S/C23H33N5O2S2/c1-17-14-24-23(31-13-10-27-8-11-30-12-9-27)26-22(17)19-4-3-7-28(15-19)21(29)6-5-20-18(2)25-16-32-20/h14,16,19H,3-13,15H2,1-2H3/t19-/m1/s1. The van der Waals surface area contributed by atoms with Crippen LogP contribution in [0.1, 0.15) is 47.0 Å². The molecule has 1 atom stereocenters. The Morgan fingerprint density at radius 1 is 1.25 bits per heavy atom. The fourth-order valence-electron chi connectivity index (χ4n) is 4.38. The van der Waals surface area contributed by atoms with Crippen LogP contribution in [0.25, 0.3) is 0 Å². The van der Waals surface area contributed by atoms with Crippen molar-refractivity contribution in [2.75, 3.05) is 51.7 Å². The van der Waals surface area contributed by atoms with E-state index in [0.717, 1.165) is 93.1 Å². The summed E-state index contributed by atoms with van der Waals surface area (Å²) in [5.41, 5.74) is 5.15. The Morgan fingerprint density at radius 3 is 2.88 bits per heavy atom. The van der Waals surface area contributed by atoms with Crippen LogP contribution >= 0.6 is 23.1 Å². The van der Waals surface area contributed by atoms with E-state index in [9.17, 15) is 4.79 Å². The smallest absolute Gasteiger partial charge is 0.222 e. The van der Waals surface area contributed by atoms with Crippen LogP contribution < -0.4 is 0 Å². The molecular weight excluding hydrogens is 442 g/mol. The van der Waals surface area contributed by atoms with Crippen molar-refractivity contribution in [2.45, 2.75) is 50.6 Å². The Labute approximate surface area is 199 Å². The van der Waals surface area contributed by atoms with Gasteiger partial charge in [0.2, 0.25) is 5.91 Å². The van der Waals surface area contributed by atoms with Gasteiger partial charge in [-0.3, -0.25) is 9.69 Å². The Balaban J connectivity index is 1.32. The summed E-state index contributed by atoms with van der Waals surface area (Å²) < 4.78 is 5.42. The monoisotopic (exact) mass is 475 g/mol. The van der Waals surface area contributed by atoms with Gasteiger partial charge in [-0.2, -0.15) is 0 Å². The SMILES string of the molecule is Cc1cnc(SCCN2CCOCC2)nc1[C@@H]1CCCN(C(=O)CCc2scnc2C)C1. The fraction of sp³-hybridized carbons (Fsp3) is 0.652. The molecule has 2 aliphatic rings. The number of nitrogens with zero attached hydrogens (tertiary/aromatic N) is 5. The first-order chi connectivity index (χ1) is 15.6. The van der Waals surface area contributed by atoms with Gasteiger partial charge in [0.15, 0.2) is 5.16 Å². The maximum Gasteiger partial charge on any atom is 0.222 e. The minimum Gasteiger partial charge on any atom is -0.379 e. The Kier molecular flexibility index (Phi) is 8.51. The van der Waals surface area contributed by atoms with Gasteiger partial charge in [-0.05, 0) is 38.7 Å². The minimum absolute atomic E-state index is 0.245. The third kappa shape index (κ3) is 6.27. The van der Waals surface area contributed by atoms with Crippen molar-refractivity contribution in [1.82, 2.24) is 24.8 Å². The van der Waals surface area contributed by atoms with Crippen molar-refractivity contribution in [1.29, 1.82) is 0 Å². The zero-order chi connectivity index (χ0) is 22.3. The molecule has 0 radical (unpaired) electrons. The molecule has 0 aromatic carbocycles. The van der Waals surface area contributed by atoms with Crippen molar-refractivity contribution in [3.05, 3.63) is 33.5 Å². The molecule has 2 aromatic rings. The Bertz CT molecular complexity index is 900. The number of rotatable bonds is 8. The van der Waals surface area contributed by atoms with Crippen LogP contribution in [0.15, 0.2) is 16.9 Å². The molecule has 0 unspecified atom stereocenters. The molecule has 0 aliphatic carbocycles. The van der Waals surface area contributed by atoms with Gasteiger partial charge in [0.05, 0.1) is 30.1 Å². The lowest BCUT2D eigenvalue weighted by Crippen LogP contribution is -2.39. The Hall–Kier alpha value is -1.55. The van der Waals surface area contributed by atoms with E-state index in [4.69, 9.17) is 9.72 Å². The molecule has 0 spiro atoms. The van der Waals surface area contributed by atoms with Crippen LogP contribution in [0, 0.1) is 13.8 Å². The average molecular weight is 476 g/mol. The number of amides is 1. The topological polar surface area (TPSA) is 71.5 Å². The number of morpholine rings is 1. The van der Waals surface area contributed by atoms with Crippen LogP contribution in [0.3, 0.4) is 0 Å². The molecule has 2 fully saturated rings. The molecule has 174 valence electrons.